The summed E-state index contributed by atoms with van der Waals surface area (Å²) in [5, 5.41) is 0.220. The zero-order chi connectivity index (χ0) is 20.7. The van der Waals surface area contributed by atoms with Gasteiger partial charge in [-0.15, -0.1) is 0 Å². The van der Waals surface area contributed by atoms with Crippen molar-refractivity contribution in [2.45, 2.75) is 12.4 Å². The number of rotatable bonds is 2. The van der Waals surface area contributed by atoms with Crippen molar-refractivity contribution in [1.29, 1.82) is 0 Å². The number of esters is 1. The van der Waals surface area contributed by atoms with E-state index in [4.69, 9.17) is 0 Å². The van der Waals surface area contributed by atoms with E-state index in [1.165, 1.54) is 30.5 Å². The molecule has 0 amide bonds. The predicted octanol–water partition coefficient (Wildman–Crippen LogP) is 5.73. The number of aromatic nitrogens is 1. The van der Waals surface area contributed by atoms with Crippen LogP contribution in [0.5, 0.6) is 0 Å². The highest BCUT2D eigenvalue weighted by Gasteiger charge is 2.37. The summed E-state index contributed by atoms with van der Waals surface area (Å²) in [7, 11) is 1.15. The van der Waals surface area contributed by atoms with Crippen LogP contribution in [0.1, 0.15) is 21.5 Å². The van der Waals surface area contributed by atoms with Crippen LogP contribution in [0.2, 0.25) is 0 Å². The van der Waals surface area contributed by atoms with Gasteiger partial charge in [0.1, 0.15) is 0 Å². The van der Waals surface area contributed by atoms with E-state index in [0.717, 1.165) is 7.11 Å². The van der Waals surface area contributed by atoms with E-state index in [1.807, 2.05) is 0 Å². The maximum atomic E-state index is 13.1. The molecule has 1 aromatic heterocycles. The van der Waals surface area contributed by atoms with Crippen LogP contribution in [0.15, 0.2) is 48.7 Å². The Bertz CT molecular complexity index is 1020. The van der Waals surface area contributed by atoms with E-state index in [-0.39, 0.29) is 28.1 Å². The Labute approximate surface area is 154 Å². The predicted molar refractivity (Wildman–Crippen MR) is 88.5 cm³/mol. The number of benzene rings is 2. The Balaban J connectivity index is 2.31. The highest BCUT2D eigenvalue weighted by molar-refractivity contribution is 6.00. The molecule has 0 spiro atoms. The highest BCUT2D eigenvalue weighted by Crippen LogP contribution is 2.39. The number of hydrogen-bond acceptors (Lipinski definition) is 3. The summed E-state index contributed by atoms with van der Waals surface area (Å²) in [6, 6.07) is 6.77. The van der Waals surface area contributed by atoms with Gasteiger partial charge in [0.05, 0.1) is 29.3 Å². The fourth-order valence-electron chi connectivity index (χ4n) is 2.75. The smallest absolute Gasteiger partial charge is 0.416 e. The van der Waals surface area contributed by atoms with Crippen LogP contribution in [0, 0.1) is 0 Å². The number of carbonyl (C=O) groups excluding carboxylic acids is 1. The Morgan fingerprint density at radius 1 is 0.893 bits per heavy atom. The van der Waals surface area contributed by atoms with Crippen molar-refractivity contribution < 1.29 is 35.9 Å². The number of carbonyl (C=O) groups is 1. The van der Waals surface area contributed by atoms with Gasteiger partial charge in [-0.25, -0.2) is 4.79 Å². The molecule has 0 aliphatic heterocycles. The van der Waals surface area contributed by atoms with E-state index in [0.29, 0.717) is 17.6 Å². The molecule has 0 saturated carbocycles. The van der Waals surface area contributed by atoms with Crippen molar-refractivity contribution in [3.8, 4) is 11.1 Å². The van der Waals surface area contributed by atoms with Crippen LogP contribution < -0.4 is 0 Å². The first kappa shape index (κ1) is 19.7. The molecule has 0 aliphatic carbocycles. The van der Waals surface area contributed by atoms with E-state index < -0.39 is 29.4 Å². The first-order chi connectivity index (χ1) is 13.0. The van der Waals surface area contributed by atoms with Gasteiger partial charge < -0.3 is 4.74 Å². The molecule has 28 heavy (non-hydrogen) atoms. The van der Waals surface area contributed by atoms with Gasteiger partial charge in [0.2, 0.25) is 0 Å². The summed E-state index contributed by atoms with van der Waals surface area (Å²) in [6.07, 6.45) is -8.66. The summed E-state index contributed by atoms with van der Waals surface area (Å²) in [4.78, 5) is 15.8. The van der Waals surface area contributed by atoms with Crippen molar-refractivity contribution in [3.63, 3.8) is 0 Å². The number of hydrogen-bond donors (Lipinski definition) is 0. The molecule has 146 valence electrons. The quantitative estimate of drug-likeness (QED) is 0.408. The Hall–Kier alpha value is -3.10. The number of nitrogens with zero attached hydrogens (tertiary/aromatic N) is 1. The zero-order valence-corrected chi connectivity index (χ0v) is 14.2. The van der Waals surface area contributed by atoms with Crippen LogP contribution >= 0.6 is 0 Å². The second kappa shape index (κ2) is 6.81. The Morgan fingerprint density at radius 3 is 2.04 bits per heavy atom. The van der Waals surface area contributed by atoms with Crippen molar-refractivity contribution in [2.75, 3.05) is 7.11 Å². The van der Waals surface area contributed by atoms with Crippen LogP contribution in [0.25, 0.3) is 22.0 Å². The molecule has 3 nitrogen and oxygen atoms in total. The average molecular weight is 399 g/mol. The SMILES string of the molecule is COC(=O)c1ccc2nccc(-c3cc(C(F)(F)F)cc(C(F)(F)F)c3)c2c1. The second-order valence-electron chi connectivity index (χ2n) is 5.88. The molecule has 0 aliphatic rings. The van der Waals surface area contributed by atoms with E-state index in [9.17, 15) is 31.1 Å². The zero-order valence-electron chi connectivity index (χ0n) is 14.2. The van der Waals surface area contributed by atoms with Crippen molar-refractivity contribution >= 4 is 16.9 Å². The lowest BCUT2D eigenvalue weighted by Gasteiger charge is -2.15. The molecule has 0 saturated heterocycles. The van der Waals surface area contributed by atoms with E-state index in [2.05, 4.69) is 9.72 Å². The molecule has 0 radical (unpaired) electrons. The summed E-state index contributed by atoms with van der Waals surface area (Å²) >= 11 is 0. The van der Waals surface area contributed by atoms with E-state index >= 15 is 0 Å². The molecule has 3 rings (SSSR count). The Kier molecular flexibility index (Phi) is 4.78. The molecule has 2 aromatic carbocycles. The molecule has 3 aromatic rings. The minimum Gasteiger partial charge on any atom is -0.465 e. The standard InChI is InChI=1S/C19H11F6NO2/c1-28-17(27)10-2-3-16-15(8-10)14(4-5-26-16)11-6-12(18(20,21)22)9-13(7-11)19(23,24)25/h2-9H,1H3. The molecule has 9 heteroatoms. The maximum absolute atomic E-state index is 13.1. The third-order valence-corrected chi connectivity index (χ3v) is 4.06. The summed E-state index contributed by atoms with van der Waals surface area (Å²) in [6.45, 7) is 0. The normalized spacial score (nSPS) is 12.2. The van der Waals surface area contributed by atoms with Gasteiger partial charge in [-0.1, -0.05) is 0 Å². The average Bonchev–Trinajstić information content (AvgIpc) is 2.64. The van der Waals surface area contributed by atoms with Crippen molar-refractivity contribution in [3.05, 3.63) is 65.4 Å². The molecule has 0 N–H and O–H groups in total. The first-order valence-corrected chi connectivity index (χ1v) is 7.77. The lowest BCUT2D eigenvalue weighted by atomic mass is 9.96. The highest BCUT2D eigenvalue weighted by atomic mass is 19.4. The lowest BCUT2D eigenvalue weighted by molar-refractivity contribution is -0.143. The number of fused-ring (bicyclic) bond motifs is 1. The molecular formula is C19H11F6NO2. The number of pyridine rings is 1. The lowest BCUT2D eigenvalue weighted by Crippen LogP contribution is -2.11. The van der Waals surface area contributed by atoms with Crippen molar-refractivity contribution in [1.82, 2.24) is 4.98 Å². The summed E-state index contributed by atoms with van der Waals surface area (Å²) in [5.74, 6) is -0.697. The van der Waals surface area contributed by atoms with Crippen LogP contribution in [0.3, 0.4) is 0 Å². The topological polar surface area (TPSA) is 39.2 Å². The third kappa shape index (κ3) is 3.78. The summed E-state index contributed by atoms with van der Waals surface area (Å²) < 4.78 is 83.4. The molecule has 0 atom stereocenters. The fraction of sp³-hybridized carbons (Fsp3) is 0.158. The fourth-order valence-corrected chi connectivity index (χ4v) is 2.75. The van der Waals surface area contributed by atoms with Gasteiger partial charge in [0.25, 0.3) is 0 Å². The molecule has 0 bridgehead atoms. The minimum absolute atomic E-state index is 0.0623. The Morgan fingerprint density at radius 2 is 1.50 bits per heavy atom. The van der Waals surface area contributed by atoms with Gasteiger partial charge in [-0.2, -0.15) is 26.3 Å². The molecule has 0 fully saturated rings. The number of ether oxygens (including phenoxy) is 1. The van der Waals surface area contributed by atoms with Gasteiger partial charge in [-0.05, 0) is 53.6 Å². The van der Waals surface area contributed by atoms with Gasteiger partial charge in [-0.3, -0.25) is 4.98 Å². The number of methoxy groups -OCH3 is 1. The summed E-state index contributed by atoms with van der Waals surface area (Å²) in [5.41, 5.74) is -2.68. The largest absolute Gasteiger partial charge is 0.465 e. The third-order valence-electron chi connectivity index (χ3n) is 4.06. The molecule has 0 unspecified atom stereocenters. The molecule has 1 heterocycles. The van der Waals surface area contributed by atoms with Crippen LogP contribution in [-0.4, -0.2) is 18.1 Å². The van der Waals surface area contributed by atoms with Gasteiger partial charge in [0, 0.05) is 11.6 Å². The molecular weight excluding hydrogens is 388 g/mol. The number of halogens is 6. The minimum atomic E-state index is -4.96. The first-order valence-electron chi connectivity index (χ1n) is 7.77. The van der Waals surface area contributed by atoms with Crippen LogP contribution in [-0.2, 0) is 17.1 Å². The number of alkyl halides is 6. The van der Waals surface area contributed by atoms with Crippen molar-refractivity contribution in [2.24, 2.45) is 0 Å². The van der Waals surface area contributed by atoms with Gasteiger partial charge >= 0.3 is 18.3 Å². The van der Waals surface area contributed by atoms with Crippen LogP contribution in [0.4, 0.5) is 26.3 Å². The monoisotopic (exact) mass is 399 g/mol. The van der Waals surface area contributed by atoms with E-state index in [1.54, 1.807) is 0 Å². The van der Waals surface area contributed by atoms with Gasteiger partial charge in [0.15, 0.2) is 0 Å². The second-order valence-corrected chi connectivity index (χ2v) is 5.88. The maximum Gasteiger partial charge on any atom is 0.416 e.